The lowest BCUT2D eigenvalue weighted by atomic mass is 9.95. The van der Waals surface area contributed by atoms with Crippen LogP contribution < -0.4 is 0 Å². The number of carboxylic acids is 1. The van der Waals surface area contributed by atoms with Crippen LogP contribution in [0.3, 0.4) is 0 Å². The number of carbonyl (C=O) groups excluding carboxylic acids is 1. The number of fused-ring (bicyclic) bond motifs is 1. The first-order valence-corrected chi connectivity index (χ1v) is 6.24. The number of likely N-dealkylation sites (tertiary alicyclic amines) is 1. The van der Waals surface area contributed by atoms with Gasteiger partial charge in [0, 0.05) is 32.0 Å². The van der Waals surface area contributed by atoms with Gasteiger partial charge in [-0.15, -0.1) is 0 Å². The first-order chi connectivity index (χ1) is 9.27. The fourth-order valence-corrected chi connectivity index (χ4v) is 2.90. The summed E-state index contributed by atoms with van der Waals surface area (Å²) in [7, 11) is 3.47. The van der Waals surface area contributed by atoms with E-state index in [0.717, 1.165) is 4.90 Å². The van der Waals surface area contributed by atoms with Crippen molar-refractivity contribution in [2.45, 2.75) is 31.3 Å². The highest BCUT2D eigenvalue weighted by Gasteiger charge is 2.68. The third-order valence-electron chi connectivity index (χ3n) is 3.86. The Labute approximate surface area is 115 Å². The summed E-state index contributed by atoms with van der Waals surface area (Å²) in [5, 5.41) is 18.2. The summed E-state index contributed by atoms with van der Waals surface area (Å²) in [6, 6.07) is -1.43. The Bertz CT molecular complexity index is 489. The van der Waals surface area contributed by atoms with Crippen molar-refractivity contribution >= 4 is 24.3 Å². The van der Waals surface area contributed by atoms with Gasteiger partial charge < -0.3 is 15.1 Å². The summed E-state index contributed by atoms with van der Waals surface area (Å²) in [4.78, 5) is 40.3. The maximum absolute atomic E-state index is 11.8. The van der Waals surface area contributed by atoms with Crippen molar-refractivity contribution < 1.29 is 24.6 Å². The van der Waals surface area contributed by atoms with Gasteiger partial charge in [-0.2, -0.15) is 0 Å². The quantitative estimate of drug-likeness (QED) is 0.558. The zero-order valence-corrected chi connectivity index (χ0v) is 11.3. The molecule has 0 spiro atoms. The van der Waals surface area contributed by atoms with Gasteiger partial charge in [0.15, 0.2) is 0 Å². The SMILES string of the molecule is CN(C)/C=N/C(=O)C[C@@]12C[C@@H]1N(C(=O)O)[C@H](C(=O)O)C2. The van der Waals surface area contributed by atoms with Crippen molar-refractivity contribution in [1.82, 2.24) is 9.80 Å². The lowest BCUT2D eigenvalue weighted by Crippen LogP contribution is -2.42. The highest BCUT2D eigenvalue weighted by Crippen LogP contribution is 2.61. The van der Waals surface area contributed by atoms with Crippen LogP contribution in [0, 0.1) is 5.41 Å². The number of aliphatic carboxylic acids is 1. The number of carboxylic acid groups (broad SMARTS) is 2. The fraction of sp³-hybridized carbons (Fsp3) is 0.667. The van der Waals surface area contributed by atoms with Gasteiger partial charge in [-0.1, -0.05) is 0 Å². The maximum Gasteiger partial charge on any atom is 0.408 e. The second-order valence-corrected chi connectivity index (χ2v) is 5.61. The van der Waals surface area contributed by atoms with Crippen LogP contribution in [0.4, 0.5) is 4.79 Å². The fourth-order valence-electron chi connectivity index (χ4n) is 2.90. The molecule has 0 bridgehead atoms. The van der Waals surface area contributed by atoms with Gasteiger partial charge in [-0.05, 0) is 12.8 Å². The molecular weight excluding hydrogens is 266 g/mol. The second kappa shape index (κ2) is 4.77. The zero-order chi connectivity index (χ0) is 15.1. The van der Waals surface area contributed by atoms with E-state index in [1.54, 1.807) is 19.0 Å². The van der Waals surface area contributed by atoms with E-state index in [2.05, 4.69) is 4.99 Å². The second-order valence-electron chi connectivity index (χ2n) is 5.61. The molecule has 0 aromatic heterocycles. The lowest BCUT2D eigenvalue weighted by Gasteiger charge is -2.20. The van der Waals surface area contributed by atoms with E-state index in [-0.39, 0.29) is 24.8 Å². The third-order valence-corrected chi connectivity index (χ3v) is 3.86. The predicted octanol–water partition coefficient (Wildman–Crippen LogP) is 0.0886. The number of nitrogens with zero attached hydrogens (tertiary/aromatic N) is 3. The number of carbonyl (C=O) groups is 3. The van der Waals surface area contributed by atoms with Crippen molar-refractivity contribution in [3.8, 4) is 0 Å². The van der Waals surface area contributed by atoms with E-state index in [4.69, 9.17) is 10.2 Å². The Balaban J connectivity index is 2.06. The zero-order valence-electron chi connectivity index (χ0n) is 11.3. The summed E-state index contributed by atoms with van der Waals surface area (Å²) < 4.78 is 0. The van der Waals surface area contributed by atoms with E-state index in [1.165, 1.54) is 6.34 Å². The van der Waals surface area contributed by atoms with Crippen LogP contribution in [-0.2, 0) is 9.59 Å². The molecule has 0 radical (unpaired) electrons. The minimum Gasteiger partial charge on any atom is -0.480 e. The Morgan fingerprint density at radius 1 is 1.35 bits per heavy atom. The molecule has 2 N–H and O–H groups in total. The van der Waals surface area contributed by atoms with Crippen LogP contribution in [0.1, 0.15) is 19.3 Å². The Morgan fingerprint density at radius 2 is 2.00 bits per heavy atom. The van der Waals surface area contributed by atoms with E-state index < -0.39 is 23.5 Å². The molecule has 0 unspecified atom stereocenters. The molecule has 1 saturated carbocycles. The molecule has 3 atom stereocenters. The number of amides is 2. The van der Waals surface area contributed by atoms with Crippen molar-refractivity contribution in [2.24, 2.45) is 10.4 Å². The Hall–Kier alpha value is -2.12. The largest absolute Gasteiger partial charge is 0.480 e. The molecule has 110 valence electrons. The molecule has 2 aliphatic rings. The smallest absolute Gasteiger partial charge is 0.408 e. The van der Waals surface area contributed by atoms with Crippen LogP contribution in [-0.4, -0.2) is 70.5 Å². The van der Waals surface area contributed by atoms with Crippen molar-refractivity contribution in [2.75, 3.05) is 14.1 Å². The number of piperidine rings is 1. The molecule has 1 aliphatic carbocycles. The van der Waals surface area contributed by atoms with Crippen molar-refractivity contribution in [3.63, 3.8) is 0 Å². The highest BCUT2D eigenvalue weighted by atomic mass is 16.4. The summed E-state index contributed by atoms with van der Waals surface area (Å²) in [6.45, 7) is 0. The van der Waals surface area contributed by atoms with Gasteiger partial charge in [0.2, 0.25) is 5.91 Å². The van der Waals surface area contributed by atoms with Gasteiger partial charge in [-0.3, -0.25) is 9.69 Å². The third kappa shape index (κ3) is 2.45. The average Bonchev–Trinajstić information content (AvgIpc) is 2.90. The molecule has 2 rings (SSSR count). The van der Waals surface area contributed by atoms with Gasteiger partial charge >= 0.3 is 12.1 Å². The summed E-state index contributed by atoms with van der Waals surface area (Å²) in [6.07, 6.45) is 0.949. The molecule has 1 saturated heterocycles. The van der Waals surface area contributed by atoms with Gasteiger partial charge in [0.25, 0.3) is 0 Å². The standard InChI is InChI=1S/C12H17N3O5/c1-14(2)6-13-9(16)5-12-3-7(10(17)18)15(11(19)20)8(12)4-12/h6-8H,3-5H2,1-2H3,(H,17,18)(H,19,20)/b13-6+/t7-,8-,12+/m0/s1. The van der Waals surface area contributed by atoms with Crippen LogP contribution in [0.15, 0.2) is 4.99 Å². The Morgan fingerprint density at radius 3 is 2.45 bits per heavy atom. The molecule has 2 amide bonds. The van der Waals surface area contributed by atoms with Crippen LogP contribution in [0.25, 0.3) is 0 Å². The lowest BCUT2D eigenvalue weighted by molar-refractivity contribution is -0.142. The predicted molar refractivity (Wildman–Crippen MR) is 68.5 cm³/mol. The van der Waals surface area contributed by atoms with Crippen molar-refractivity contribution in [3.05, 3.63) is 0 Å². The molecule has 8 nitrogen and oxygen atoms in total. The average molecular weight is 283 g/mol. The first kappa shape index (κ1) is 14.3. The van der Waals surface area contributed by atoms with E-state index in [1.807, 2.05) is 0 Å². The van der Waals surface area contributed by atoms with Crippen molar-refractivity contribution in [1.29, 1.82) is 0 Å². The van der Waals surface area contributed by atoms with Gasteiger partial charge in [0.1, 0.15) is 6.04 Å². The normalized spacial score (nSPS) is 31.2. The van der Waals surface area contributed by atoms with Gasteiger partial charge in [-0.25, -0.2) is 14.6 Å². The van der Waals surface area contributed by atoms with Crippen LogP contribution >= 0.6 is 0 Å². The first-order valence-electron chi connectivity index (χ1n) is 6.24. The maximum atomic E-state index is 11.8. The minimum atomic E-state index is -1.24. The summed E-state index contributed by atoms with van der Waals surface area (Å²) in [5.74, 6) is -1.51. The minimum absolute atomic E-state index is 0.0928. The molecule has 1 heterocycles. The number of rotatable bonds is 4. The molecule has 8 heteroatoms. The van der Waals surface area contributed by atoms with Crippen LogP contribution in [0.2, 0.25) is 0 Å². The van der Waals surface area contributed by atoms with Crippen LogP contribution in [0.5, 0.6) is 0 Å². The van der Waals surface area contributed by atoms with E-state index in [9.17, 15) is 14.4 Å². The molecule has 1 aliphatic heterocycles. The molecular formula is C12H17N3O5. The van der Waals surface area contributed by atoms with E-state index in [0.29, 0.717) is 6.42 Å². The molecule has 2 fully saturated rings. The Kier molecular flexibility index (Phi) is 3.41. The monoisotopic (exact) mass is 283 g/mol. The molecule has 20 heavy (non-hydrogen) atoms. The molecule has 0 aromatic carbocycles. The van der Waals surface area contributed by atoms with E-state index >= 15 is 0 Å². The number of aliphatic imine (C=N–C) groups is 1. The number of hydrogen-bond donors (Lipinski definition) is 2. The highest BCUT2D eigenvalue weighted by molar-refractivity contribution is 5.87. The topological polar surface area (TPSA) is 111 Å². The number of hydrogen-bond acceptors (Lipinski definition) is 3. The summed E-state index contributed by atoms with van der Waals surface area (Å²) in [5.41, 5.74) is -0.540. The summed E-state index contributed by atoms with van der Waals surface area (Å²) >= 11 is 0. The molecule has 0 aromatic rings. The van der Waals surface area contributed by atoms with Gasteiger partial charge in [0.05, 0.1) is 6.34 Å².